The predicted octanol–water partition coefficient (Wildman–Crippen LogP) is 3.61. The van der Waals surface area contributed by atoms with Crippen molar-refractivity contribution in [1.82, 2.24) is 5.32 Å². The molecule has 2 aromatic carbocycles. The first kappa shape index (κ1) is 20.4. The molecule has 1 fully saturated rings. The highest BCUT2D eigenvalue weighted by molar-refractivity contribution is 7.99. The highest BCUT2D eigenvalue weighted by Gasteiger charge is 2.18. The molecule has 5 nitrogen and oxygen atoms in total. The fourth-order valence-corrected chi connectivity index (χ4v) is 3.77. The van der Waals surface area contributed by atoms with Gasteiger partial charge in [-0.3, -0.25) is 9.59 Å². The van der Waals surface area contributed by atoms with Gasteiger partial charge in [0.2, 0.25) is 5.91 Å². The SMILES string of the molecule is O=C(CSCc1ccccc1F)Nc1ccccc1C(=O)NCC1CCCO1. The zero-order valence-electron chi connectivity index (χ0n) is 15.4. The lowest BCUT2D eigenvalue weighted by molar-refractivity contribution is -0.113. The lowest BCUT2D eigenvalue weighted by Crippen LogP contribution is -2.32. The van der Waals surface area contributed by atoms with Gasteiger partial charge in [-0.1, -0.05) is 30.3 Å². The Balaban J connectivity index is 1.51. The molecule has 0 spiro atoms. The largest absolute Gasteiger partial charge is 0.376 e. The van der Waals surface area contributed by atoms with Crippen LogP contribution in [0.4, 0.5) is 10.1 Å². The van der Waals surface area contributed by atoms with Crippen molar-refractivity contribution in [1.29, 1.82) is 0 Å². The van der Waals surface area contributed by atoms with Gasteiger partial charge in [0.25, 0.3) is 5.91 Å². The molecule has 0 saturated carbocycles. The molecule has 2 aromatic rings. The van der Waals surface area contributed by atoms with E-state index in [0.29, 0.717) is 29.1 Å². The van der Waals surface area contributed by atoms with E-state index in [2.05, 4.69) is 10.6 Å². The summed E-state index contributed by atoms with van der Waals surface area (Å²) < 4.78 is 19.1. The van der Waals surface area contributed by atoms with Crippen LogP contribution in [0.1, 0.15) is 28.8 Å². The number of ether oxygens (including phenoxy) is 1. The zero-order chi connectivity index (χ0) is 19.8. The van der Waals surface area contributed by atoms with E-state index in [4.69, 9.17) is 4.74 Å². The minimum atomic E-state index is -0.274. The number of nitrogens with one attached hydrogen (secondary N) is 2. The Labute approximate surface area is 168 Å². The molecule has 0 radical (unpaired) electrons. The monoisotopic (exact) mass is 402 g/mol. The van der Waals surface area contributed by atoms with Crippen LogP contribution in [0.25, 0.3) is 0 Å². The molecule has 28 heavy (non-hydrogen) atoms. The number of hydrogen-bond donors (Lipinski definition) is 2. The van der Waals surface area contributed by atoms with E-state index in [1.165, 1.54) is 17.8 Å². The molecule has 7 heteroatoms. The van der Waals surface area contributed by atoms with Crippen molar-refractivity contribution >= 4 is 29.3 Å². The number of rotatable bonds is 8. The second-order valence-corrected chi connectivity index (χ2v) is 7.51. The summed E-state index contributed by atoms with van der Waals surface area (Å²) in [5, 5.41) is 5.64. The zero-order valence-corrected chi connectivity index (χ0v) is 16.3. The first-order valence-electron chi connectivity index (χ1n) is 9.23. The molecular weight excluding hydrogens is 379 g/mol. The summed E-state index contributed by atoms with van der Waals surface area (Å²) in [5.41, 5.74) is 1.44. The fourth-order valence-electron chi connectivity index (χ4n) is 2.95. The number of benzene rings is 2. The van der Waals surface area contributed by atoms with Crippen LogP contribution in [-0.4, -0.2) is 36.8 Å². The second kappa shape index (κ2) is 10.2. The Kier molecular flexibility index (Phi) is 7.45. The maximum Gasteiger partial charge on any atom is 0.253 e. The van der Waals surface area contributed by atoms with Gasteiger partial charge in [-0.25, -0.2) is 4.39 Å². The quantitative estimate of drug-likeness (QED) is 0.708. The summed E-state index contributed by atoms with van der Waals surface area (Å²) in [6.45, 7) is 1.19. The second-order valence-electron chi connectivity index (χ2n) is 6.52. The minimum absolute atomic E-state index is 0.0560. The van der Waals surface area contributed by atoms with Crippen molar-refractivity contribution in [2.24, 2.45) is 0 Å². The third-order valence-corrected chi connectivity index (χ3v) is 5.39. The van der Waals surface area contributed by atoms with Gasteiger partial charge in [-0.15, -0.1) is 11.8 Å². The molecule has 2 N–H and O–H groups in total. The first-order chi connectivity index (χ1) is 13.6. The molecule has 2 amide bonds. The third-order valence-electron chi connectivity index (χ3n) is 4.41. The lowest BCUT2D eigenvalue weighted by atomic mass is 10.1. The van der Waals surface area contributed by atoms with Gasteiger partial charge in [0.15, 0.2) is 0 Å². The number of hydrogen-bond acceptors (Lipinski definition) is 4. The van der Waals surface area contributed by atoms with E-state index in [9.17, 15) is 14.0 Å². The Morgan fingerprint density at radius 3 is 2.71 bits per heavy atom. The number of carbonyl (C=O) groups is 2. The van der Waals surface area contributed by atoms with E-state index in [1.54, 1.807) is 42.5 Å². The molecule has 1 atom stereocenters. The maximum atomic E-state index is 13.6. The number of para-hydroxylation sites is 1. The van der Waals surface area contributed by atoms with Crippen molar-refractivity contribution < 1.29 is 18.7 Å². The summed E-state index contributed by atoms with van der Waals surface area (Å²) in [6.07, 6.45) is 2.01. The molecule has 0 bridgehead atoms. The number of halogens is 1. The van der Waals surface area contributed by atoms with E-state index in [1.807, 2.05) is 0 Å². The average molecular weight is 402 g/mol. The normalized spacial score (nSPS) is 16.0. The number of anilines is 1. The highest BCUT2D eigenvalue weighted by Crippen LogP contribution is 2.18. The van der Waals surface area contributed by atoms with Gasteiger partial charge in [-0.05, 0) is 36.6 Å². The van der Waals surface area contributed by atoms with Crippen LogP contribution in [0, 0.1) is 5.82 Å². The van der Waals surface area contributed by atoms with Gasteiger partial charge in [0.05, 0.1) is 23.1 Å². The van der Waals surface area contributed by atoms with Gasteiger partial charge in [0.1, 0.15) is 5.82 Å². The maximum absolute atomic E-state index is 13.6. The van der Waals surface area contributed by atoms with Crippen molar-refractivity contribution in [3.8, 4) is 0 Å². The van der Waals surface area contributed by atoms with Crippen LogP contribution in [0.3, 0.4) is 0 Å². The minimum Gasteiger partial charge on any atom is -0.376 e. The smallest absolute Gasteiger partial charge is 0.253 e. The molecule has 1 saturated heterocycles. The first-order valence-corrected chi connectivity index (χ1v) is 10.4. The van der Waals surface area contributed by atoms with Crippen molar-refractivity contribution in [2.45, 2.75) is 24.7 Å². The lowest BCUT2D eigenvalue weighted by Gasteiger charge is -2.13. The van der Waals surface area contributed by atoms with Gasteiger partial charge in [-0.2, -0.15) is 0 Å². The van der Waals surface area contributed by atoms with Crippen molar-refractivity contribution in [3.05, 3.63) is 65.5 Å². The third kappa shape index (κ3) is 5.81. The molecule has 1 aliphatic rings. The topological polar surface area (TPSA) is 67.4 Å². The van der Waals surface area contributed by atoms with Crippen LogP contribution < -0.4 is 10.6 Å². The van der Waals surface area contributed by atoms with E-state index >= 15 is 0 Å². The van der Waals surface area contributed by atoms with Crippen LogP contribution >= 0.6 is 11.8 Å². The van der Waals surface area contributed by atoms with Crippen LogP contribution in [0.15, 0.2) is 48.5 Å². The highest BCUT2D eigenvalue weighted by atomic mass is 32.2. The average Bonchev–Trinajstić information content (AvgIpc) is 3.22. The molecule has 0 aromatic heterocycles. The number of carbonyl (C=O) groups excluding carboxylic acids is 2. The van der Waals surface area contributed by atoms with Crippen LogP contribution in [0.5, 0.6) is 0 Å². The number of thioether (sulfide) groups is 1. The Hall–Kier alpha value is -2.38. The molecule has 3 rings (SSSR count). The summed E-state index contributed by atoms with van der Waals surface area (Å²) >= 11 is 1.32. The summed E-state index contributed by atoms with van der Waals surface area (Å²) in [7, 11) is 0. The molecule has 148 valence electrons. The molecule has 1 unspecified atom stereocenters. The summed E-state index contributed by atoms with van der Waals surface area (Å²) in [6, 6.07) is 13.4. The van der Waals surface area contributed by atoms with Crippen LogP contribution in [-0.2, 0) is 15.3 Å². The Morgan fingerprint density at radius 1 is 1.14 bits per heavy atom. The Bertz CT molecular complexity index is 825. The van der Waals surface area contributed by atoms with Crippen molar-refractivity contribution in [3.63, 3.8) is 0 Å². The van der Waals surface area contributed by atoms with E-state index in [0.717, 1.165) is 19.4 Å². The Morgan fingerprint density at radius 2 is 1.93 bits per heavy atom. The standard InChI is InChI=1S/C21H23FN2O3S/c22-18-9-3-1-6-15(18)13-28-14-20(25)24-19-10-4-2-8-17(19)21(26)23-12-16-7-5-11-27-16/h1-4,6,8-10,16H,5,7,11-14H2,(H,23,26)(H,24,25). The van der Waals surface area contributed by atoms with Gasteiger partial charge < -0.3 is 15.4 Å². The molecule has 1 aliphatic heterocycles. The van der Waals surface area contributed by atoms with Crippen LogP contribution in [0.2, 0.25) is 0 Å². The molecular formula is C21H23FN2O3S. The van der Waals surface area contributed by atoms with Gasteiger partial charge in [0, 0.05) is 18.9 Å². The predicted molar refractivity (Wildman–Crippen MR) is 109 cm³/mol. The summed E-state index contributed by atoms with van der Waals surface area (Å²) in [4.78, 5) is 24.7. The van der Waals surface area contributed by atoms with E-state index < -0.39 is 0 Å². The molecule has 1 heterocycles. The molecule has 0 aliphatic carbocycles. The number of amides is 2. The fraction of sp³-hybridized carbons (Fsp3) is 0.333. The van der Waals surface area contributed by atoms with Crippen molar-refractivity contribution in [2.75, 3.05) is 24.2 Å². The van der Waals surface area contributed by atoms with Gasteiger partial charge >= 0.3 is 0 Å². The van der Waals surface area contributed by atoms with E-state index in [-0.39, 0.29) is 29.5 Å². The summed E-state index contributed by atoms with van der Waals surface area (Å²) in [5.74, 6) is -0.182.